The van der Waals surface area contributed by atoms with Crippen LogP contribution < -0.4 is 10.6 Å². The fourth-order valence-electron chi connectivity index (χ4n) is 4.12. The first-order valence-electron chi connectivity index (χ1n) is 12.3. The minimum atomic E-state index is -0.472. The lowest BCUT2D eigenvalue weighted by molar-refractivity contribution is 0.0945. The maximum absolute atomic E-state index is 13.7. The van der Waals surface area contributed by atoms with Crippen LogP contribution in [0.25, 0.3) is 11.0 Å². The molecule has 0 unspecified atom stereocenters. The smallest absolute Gasteiger partial charge is 0.273 e. The van der Waals surface area contributed by atoms with Crippen LogP contribution in [0.15, 0.2) is 77.5 Å². The van der Waals surface area contributed by atoms with Gasteiger partial charge in [-0.2, -0.15) is 0 Å². The third kappa shape index (κ3) is 6.24. The average molecular weight is 533 g/mol. The molecule has 8 nitrogen and oxygen atoms in total. The number of carbonyl (C=O) groups excluding carboxylic acids is 1. The lowest BCUT2D eigenvalue weighted by Crippen LogP contribution is -2.24. The van der Waals surface area contributed by atoms with Crippen LogP contribution in [0.1, 0.15) is 33.5 Å². The number of nitrogens with zero attached hydrogens (tertiary/aromatic N) is 4. The first-order chi connectivity index (χ1) is 18.6. The summed E-state index contributed by atoms with van der Waals surface area (Å²) >= 11 is 6.05. The summed E-state index contributed by atoms with van der Waals surface area (Å²) in [6.07, 6.45) is 4.04. The van der Waals surface area contributed by atoms with E-state index < -0.39 is 11.7 Å². The van der Waals surface area contributed by atoms with Crippen LogP contribution in [0, 0.1) is 5.82 Å². The summed E-state index contributed by atoms with van der Waals surface area (Å²) in [5.74, 6) is 0.521. The van der Waals surface area contributed by atoms with Gasteiger partial charge in [0.2, 0.25) is 0 Å². The summed E-state index contributed by atoms with van der Waals surface area (Å²) in [6, 6.07) is 18.8. The van der Waals surface area contributed by atoms with Crippen molar-refractivity contribution in [2.24, 2.45) is 0 Å². The summed E-state index contributed by atoms with van der Waals surface area (Å²) in [6.45, 7) is 2.02. The van der Waals surface area contributed by atoms with Gasteiger partial charge in [-0.15, -0.1) is 0 Å². The number of nitrogens with one attached hydrogen (secondary N) is 2. The van der Waals surface area contributed by atoms with E-state index in [0.29, 0.717) is 37.0 Å². The molecule has 0 saturated carbocycles. The molecule has 2 aromatic carbocycles. The highest BCUT2D eigenvalue weighted by molar-refractivity contribution is 6.30. The second kappa shape index (κ2) is 12.0. The van der Waals surface area contributed by atoms with Crippen molar-refractivity contribution in [1.29, 1.82) is 0 Å². The normalized spacial score (nSPS) is 11.2. The number of para-hydroxylation sites is 2. The van der Waals surface area contributed by atoms with Crippen molar-refractivity contribution in [2.45, 2.75) is 25.9 Å². The number of oxazole rings is 1. The van der Waals surface area contributed by atoms with Crippen molar-refractivity contribution in [2.75, 3.05) is 13.1 Å². The molecule has 0 saturated heterocycles. The number of fused-ring (bicyclic) bond motifs is 1. The molecular weight excluding hydrogens is 507 g/mol. The number of amides is 1. The van der Waals surface area contributed by atoms with Gasteiger partial charge in [0.25, 0.3) is 5.91 Å². The number of halogens is 2. The molecule has 0 fully saturated rings. The van der Waals surface area contributed by atoms with Gasteiger partial charge in [-0.05, 0) is 42.0 Å². The van der Waals surface area contributed by atoms with Crippen LogP contribution in [0.3, 0.4) is 0 Å². The Morgan fingerprint density at radius 2 is 1.82 bits per heavy atom. The quantitative estimate of drug-likeness (QED) is 0.242. The maximum Gasteiger partial charge on any atom is 0.273 e. The zero-order valence-corrected chi connectivity index (χ0v) is 21.3. The van der Waals surface area contributed by atoms with Crippen molar-refractivity contribution >= 4 is 28.5 Å². The van der Waals surface area contributed by atoms with Crippen LogP contribution in [-0.2, 0) is 25.9 Å². The van der Waals surface area contributed by atoms with Crippen LogP contribution in [-0.4, -0.2) is 38.5 Å². The van der Waals surface area contributed by atoms with E-state index in [1.807, 2.05) is 42.5 Å². The molecule has 1 amide bonds. The molecule has 0 spiro atoms. The Balaban J connectivity index is 1.12. The molecule has 0 bridgehead atoms. The third-order valence-electron chi connectivity index (χ3n) is 6.06. The van der Waals surface area contributed by atoms with E-state index in [1.54, 1.807) is 0 Å². The number of imidazole rings is 1. The second-order valence-corrected chi connectivity index (χ2v) is 9.16. The predicted molar refractivity (Wildman–Crippen MR) is 142 cm³/mol. The molecule has 3 aromatic heterocycles. The molecule has 5 rings (SSSR count). The van der Waals surface area contributed by atoms with E-state index in [1.165, 1.54) is 24.6 Å². The van der Waals surface area contributed by atoms with E-state index in [9.17, 15) is 9.18 Å². The average Bonchev–Trinajstić information content (AvgIpc) is 3.54. The fourth-order valence-corrected chi connectivity index (χ4v) is 4.24. The zero-order chi connectivity index (χ0) is 26.3. The molecule has 38 heavy (non-hydrogen) atoms. The highest BCUT2D eigenvalue weighted by Gasteiger charge is 2.14. The monoisotopic (exact) mass is 532 g/mol. The number of benzene rings is 2. The van der Waals surface area contributed by atoms with Crippen molar-refractivity contribution in [3.63, 3.8) is 0 Å². The summed E-state index contributed by atoms with van der Waals surface area (Å²) < 4.78 is 21.3. The highest BCUT2D eigenvalue weighted by atomic mass is 35.5. The molecule has 0 atom stereocenters. The number of hydrogen-bond donors (Lipinski definition) is 2. The Labute approximate surface area is 223 Å². The Bertz CT molecular complexity index is 1530. The minimum absolute atomic E-state index is 0.0297. The van der Waals surface area contributed by atoms with Crippen molar-refractivity contribution in [1.82, 2.24) is 30.2 Å². The lowest BCUT2D eigenvalue weighted by Gasteiger charge is -2.10. The van der Waals surface area contributed by atoms with Gasteiger partial charge in [0.15, 0.2) is 11.6 Å². The summed E-state index contributed by atoms with van der Waals surface area (Å²) in [4.78, 5) is 25.3. The van der Waals surface area contributed by atoms with Gasteiger partial charge in [-0.1, -0.05) is 35.9 Å². The fraction of sp³-hybridized carbons (Fsp3) is 0.214. The van der Waals surface area contributed by atoms with Gasteiger partial charge in [0.1, 0.15) is 17.9 Å². The van der Waals surface area contributed by atoms with Gasteiger partial charge < -0.3 is 19.6 Å². The van der Waals surface area contributed by atoms with E-state index in [-0.39, 0.29) is 17.9 Å². The largest absolute Gasteiger partial charge is 0.448 e. The number of pyridine rings is 1. The molecular formula is C28H26ClFN6O2. The number of carbonyl (C=O) groups is 1. The first kappa shape index (κ1) is 25.6. The molecule has 194 valence electrons. The standard InChI is InChI=1S/C28H26ClFN6O2/c29-20-9-7-19(8-10-20)17-36-25-6-2-1-5-22(25)34-26(36)11-14-31-15-12-27-35-24(18-38-27)28(37)33-16-23-21(30)4-3-13-32-23/h1-10,13,18,31H,11-12,14-17H2,(H,33,37). The van der Waals surface area contributed by atoms with Gasteiger partial charge >= 0.3 is 0 Å². The molecule has 3 heterocycles. The Kier molecular flexibility index (Phi) is 8.06. The summed E-state index contributed by atoms with van der Waals surface area (Å²) in [5.41, 5.74) is 3.52. The summed E-state index contributed by atoms with van der Waals surface area (Å²) in [5, 5.41) is 6.72. The SMILES string of the molecule is O=C(NCc1ncccc1F)c1coc(CCNCCc2nc3ccccc3n2Cc2ccc(Cl)cc2)n1. The third-order valence-corrected chi connectivity index (χ3v) is 6.32. The lowest BCUT2D eigenvalue weighted by atomic mass is 10.2. The van der Waals surface area contributed by atoms with Gasteiger partial charge in [0.05, 0.1) is 23.3 Å². The molecule has 0 aliphatic heterocycles. The number of aromatic nitrogens is 4. The Hall–Kier alpha value is -4.08. The molecule has 0 aliphatic carbocycles. The molecule has 0 aliphatic rings. The molecule has 10 heteroatoms. The highest BCUT2D eigenvalue weighted by Crippen LogP contribution is 2.19. The van der Waals surface area contributed by atoms with Crippen molar-refractivity contribution in [3.05, 3.63) is 113 Å². The maximum atomic E-state index is 13.7. The number of rotatable bonds is 11. The van der Waals surface area contributed by atoms with E-state index in [4.69, 9.17) is 21.0 Å². The molecule has 2 N–H and O–H groups in total. The Morgan fingerprint density at radius 1 is 1.00 bits per heavy atom. The van der Waals surface area contributed by atoms with E-state index in [2.05, 4.69) is 31.2 Å². The van der Waals surface area contributed by atoms with Gasteiger partial charge in [0, 0.05) is 43.7 Å². The van der Waals surface area contributed by atoms with Crippen molar-refractivity contribution < 1.29 is 13.6 Å². The van der Waals surface area contributed by atoms with Crippen LogP contribution in [0.5, 0.6) is 0 Å². The van der Waals surface area contributed by atoms with Crippen LogP contribution in [0.2, 0.25) is 5.02 Å². The van der Waals surface area contributed by atoms with Crippen LogP contribution in [0.4, 0.5) is 4.39 Å². The predicted octanol–water partition coefficient (Wildman–Crippen LogP) is 4.56. The van der Waals surface area contributed by atoms with E-state index >= 15 is 0 Å². The zero-order valence-electron chi connectivity index (χ0n) is 20.5. The van der Waals surface area contributed by atoms with E-state index in [0.717, 1.165) is 28.8 Å². The molecule has 0 radical (unpaired) electrons. The van der Waals surface area contributed by atoms with Crippen molar-refractivity contribution in [3.8, 4) is 0 Å². The topological polar surface area (TPSA) is 97.9 Å². The second-order valence-electron chi connectivity index (χ2n) is 8.72. The summed E-state index contributed by atoms with van der Waals surface area (Å²) in [7, 11) is 0. The van der Waals surface area contributed by atoms with Gasteiger partial charge in [-0.25, -0.2) is 14.4 Å². The first-order valence-corrected chi connectivity index (χ1v) is 12.7. The van der Waals surface area contributed by atoms with Crippen LogP contribution >= 0.6 is 11.6 Å². The number of hydrogen-bond acceptors (Lipinski definition) is 6. The minimum Gasteiger partial charge on any atom is -0.448 e. The Morgan fingerprint density at radius 3 is 2.66 bits per heavy atom. The van der Waals surface area contributed by atoms with Gasteiger partial charge in [-0.3, -0.25) is 9.78 Å². The molecule has 5 aromatic rings.